The van der Waals surface area contributed by atoms with E-state index in [9.17, 15) is 0 Å². The summed E-state index contributed by atoms with van der Waals surface area (Å²) < 4.78 is 4.02. The van der Waals surface area contributed by atoms with E-state index >= 15 is 0 Å². The van der Waals surface area contributed by atoms with Gasteiger partial charge in [-0.3, -0.25) is 4.68 Å². The molecule has 4 aromatic rings. The van der Waals surface area contributed by atoms with Crippen molar-refractivity contribution < 1.29 is 0 Å². The lowest BCUT2D eigenvalue weighted by atomic mass is 10.0. The van der Waals surface area contributed by atoms with Gasteiger partial charge in [-0.2, -0.15) is 10.2 Å². The average Bonchev–Trinajstić information content (AvgIpc) is 3.32. The van der Waals surface area contributed by atoms with Crippen LogP contribution in [0.3, 0.4) is 0 Å². The molecule has 0 saturated carbocycles. The molecular formula is C21H23N7. The minimum atomic E-state index is -0.00520. The molecule has 1 aromatic carbocycles. The van der Waals surface area contributed by atoms with Crippen LogP contribution in [0, 0.1) is 0 Å². The highest BCUT2D eigenvalue weighted by molar-refractivity contribution is 5.87. The van der Waals surface area contributed by atoms with Crippen molar-refractivity contribution in [2.24, 2.45) is 0 Å². The Morgan fingerprint density at radius 2 is 1.79 bits per heavy atom. The summed E-state index contributed by atoms with van der Waals surface area (Å²) in [6.45, 7) is 8.28. The topological polar surface area (TPSA) is 64.7 Å². The van der Waals surface area contributed by atoms with E-state index in [0.29, 0.717) is 0 Å². The van der Waals surface area contributed by atoms with Crippen molar-refractivity contribution in [1.82, 2.24) is 29.5 Å². The highest BCUT2D eigenvalue weighted by Gasteiger charge is 2.27. The molecule has 0 spiro atoms. The number of hydrogen-bond donors (Lipinski definition) is 0. The minimum Gasteiger partial charge on any atom is -0.351 e. The molecule has 4 heterocycles. The number of benzene rings is 1. The van der Waals surface area contributed by atoms with E-state index in [1.54, 1.807) is 6.33 Å². The largest absolute Gasteiger partial charge is 0.351 e. The second-order valence-corrected chi connectivity index (χ2v) is 8.20. The van der Waals surface area contributed by atoms with Gasteiger partial charge in [0.2, 0.25) is 0 Å². The Labute approximate surface area is 163 Å². The maximum Gasteiger partial charge on any atom is 0.168 e. The lowest BCUT2D eigenvalue weighted by molar-refractivity contribution is 0.341. The molecule has 7 heteroatoms. The van der Waals surface area contributed by atoms with Crippen LogP contribution in [0.5, 0.6) is 0 Å². The highest BCUT2D eigenvalue weighted by atomic mass is 15.3. The zero-order valence-corrected chi connectivity index (χ0v) is 16.4. The van der Waals surface area contributed by atoms with Crippen LogP contribution < -0.4 is 4.90 Å². The number of nitrogens with zero attached hydrogens (tertiary/aromatic N) is 7. The molecule has 0 unspecified atom stereocenters. The normalized spacial score (nSPS) is 14.5. The maximum atomic E-state index is 4.64. The van der Waals surface area contributed by atoms with Gasteiger partial charge in [0.1, 0.15) is 12.1 Å². The zero-order valence-electron chi connectivity index (χ0n) is 16.4. The lowest BCUT2D eigenvalue weighted by Gasteiger charge is -2.31. The summed E-state index contributed by atoms with van der Waals surface area (Å²) in [5.74, 6) is 0.932. The number of aromatic nitrogens is 6. The van der Waals surface area contributed by atoms with Gasteiger partial charge < -0.3 is 4.90 Å². The number of para-hydroxylation sites is 1. The van der Waals surface area contributed by atoms with E-state index in [2.05, 4.69) is 50.5 Å². The SMILES string of the molecule is CC(C)(C)n1ncc2c1CCN(c1ncnc3c1cnn3-c1ccccc1)C2. The van der Waals surface area contributed by atoms with Crippen molar-refractivity contribution in [2.75, 3.05) is 11.4 Å². The fourth-order valence-electron chi connectivity index (χ4n) is 3.93. The van der Waals surface area contributed by atoms with E-state index in [0.717, 1.165) is 42.0 Å². The molecule has 0 fully saturated rings. The summed E-state index contributed by atoms with van der Waals surface area (Å²) in [5, 5.41) is 10.2. The first-order valence-corrected chi connectivity index (χ1v) is 9.58. The molecule has 0 aliphatic carbocycles. The Morgan fingerprint density at radius 3 is 2.57 bits per heavy atom. The summed E-state index contributed by atoms with van der Waals surface area (Å²) in [5.41, 5.74) is 4.41. The first-order valence-electron chi connectivity index (χ1n) is 9.58. The van der Waals surface area contributed by atoms with Crippen LogP contribution in [0.1, 0.15) is 32.0 Å². The second kappa shape index (κ2) is 6.15. The van der Waals surface area contributed by atoms with Crippen molar-refractivity contribution in [1.29, 1.82) is 0 Å². The molecule has 0 saturated heterocycles. The van der Waals surface area contributed by atoms with Gasteiger partial charge in [-0.15, -0.1) is 0 Å². The number of anilines is 1. The summed E-state index contributed by atoms with van der Waals surface area (Å²) in [7, 11) is 0. The lowest BCUT2D eigenvalue weighted by Crippen LogP contribution is -2.34. The molecule has 142 valence electrons. The molecule has 0 bridgehead atoms. The van der Waals surface area contributed by atoms with Gasteiger partial charge in [0, 0.05) is 30.8 Å². The third kappa shape index (κ3) is 2.66. The minimum absolute atomic E-state index is 0.00520. The highest BCUT2D eigenvalue weighted by Crippen LogP contribution is 2.30. The Balaban J connectivity index is 1.53. The van der Waals surface area contributed by atoms with Crippen LogP contribution >= 0.6 is 0 Å². The van der Waals surface area contributed by atoms with E-state index < -0.39 is 0 Å². The van der Waals surface area contributed by atoms with Gasteiger partial charge in [-0.25, -0.2) is 14.6 Å². The van der Waals surface area contributed by atoms with Gasteiger partial charge in [0.15, 0.2) is 5.65 Å². The Bertz CT molecular complexity index is 1130. The molecule has 3 aromatic heterocycles. The van der Waals surface area contributed by atoms with Crippen molar-refractivity contribution in [2.45, 2.75) is 39.3 Å². The molecule has 0 N–H and O–H groups in total. The zero-order chi connectivity index (χ0) is 19.3. The number of rotatable bonds is 2. The van der Waals surface area contributed by atoms with Crippen LogP contribution in [0.4, 0.5) is 5.82 Å². The molecular weight excluding hydrogens is 350 g/mol. The molecule has 0 radical (unpaired) electrons. The first kappa shape index (κ1) is 16.9. The molecule has 0 atom stereocenters. The Morgan fingerprint density at radius 1 is 0.964 bits per heavy atom. The summed E-state index contributed by atoms with van der Waals surface area (Å²) >= 11 is 0. The molecule has 1 aliphatic rings. The summed E-state index contributed by atoms with van der Waals surface area (Å²) in [6.07, 6.45) is 6.45. The van der Waals surface area contributed by atoms with E-state index in [4.69, 9.17) is 0 Å². The van der Waals surface area contributed by atoms with Crippen LogP contribution in [0.2, 0.25) is 0 Å². The van der Waals surface area contributed by atoms with Gasteiger partial charge in [-0.1, -0.05) is 18.2 Å². The van der Waals surface area contributed by atoms with E-state index in [1.165, 1.54) is 11.3 Å². The van der Waals surface area contributed by atoms with Crippen LogP contribution in [-0.4, -0.2) is 36.1 Å². The van der Waals surface area contributed by atoms with Gasteiger partial charge in [0.05, 0.1) is 29.0 Å². The maximum absolute atomic E-state index is 4.64. The Kier molecular flexibility index (Phi) is 3.72. The number of hydrogen-bond acceptors (Lipinski definition) is 5. The van der Waals surface area contributed by atoms with Crippen molar-refractivity contribution in [3.05, 3.63) is 60.3 Å². The molecule has 1 aliphatic heterocycles. The standard InChI is InChI=1S/C21H23N7/c1-21(2,3)28-18-9-10-26(13-15(18)11-25-28)19-17-12-24-27(20(17)23-14-22-19)16-7-5-4-6-8-16/h4-8,11-12,14H,9-10,13H2,1-3H3. The summed E-state index contributed by atoms with van der Waals surface area (Å²) in [6, 6.07) is 10.1. The smallest absolute Gasteiger partial charge is 0.168 e. The monoisotopic (exact) mass is 373 g/mol. The average molecular weight is 373 g/mol. The van der Waals surface area contributed by atoms with Gasteiger partial charge in [0.25, 0.3) is 0 Å². The van der Waals surface area contributed by atoms with Crippen LogP contribution in [-0.2, 0) is 18.5 Å². The molecule has 28 heavy (non-hydrogen) atoms. The van der Waals surface area contributed by atoms with Crippen LogP contribution in [0.15, 0.2) is 49.1 Å². The van der Waals surface area contributed by atoms with E-state index in [1.807, 2.05) is 47.4 Å². The van der Waals surface area contributed by atoms with Gasteiger partial charge in [-0.05, 0) is 32.9 Å². The third-order valence-corrected chi connectivity index (χ3v) is 5.22. The van der Waals surface area contributed by atoms with Crippen molar-refractivity contribution >= 4 is 16.9 Å². The second-order valence-electron chi connectivity index (χ2n) is 8.20. The molecule has 5 rings (SSSR count). The quantitative estimate of drug-likeness (QED) is 0.539. The predicted molar refractivity (Wildman–Crippen MR) is 109 cm³/mol. The van der Waals surface area contributed by atoms with Crippen molar-refractivity contribution in [3.8, 4) is 5.69 Å². The fraction of sp³-hybridized carbons (Fsp3) is 0.333. The predicted octanol–water partition coefficient (Wildman–Crippen LogP) is 3.33. The third-order valence-electron chi connectivity index (χ3n) is 5.22. The Hall–Kier alpha value is -3.22. The number of fused-ring (bicyclic) bond motifs is 2. The van der Waals surface area contributed by atoms with Crippen molar-refractivity contribution in [3.63, 3.8) is 0 Å². The molecule has 0 amide bonds. The summed E-state index contributed by atoms with van der Waals surface area (Å²) in [4.78, 5) is 11.4. The van der Waals surface area contributed by atoms with E-state index in [-0.39, 0.29) is 5.54 Å². The van der Waals surface area contributed by atoms with Gasteiger partial charge >= 0.3 is 0 Å². The first-order chi connectivity index (χ1) is 13.5. The fourth-order valence-corrected chi connectivity index (χ4v) is 3.93. The van der Waals surface area contributed by atoms with Crippen LogP contribution in [0.25, 0.3) is 16.7 Å². The molecule has 7 nitrogen and oxygen atoms in total.